The largest absolute Gasteiger partial charge is 0.467 e. The monoisotopic (exact) mass is 370 g/mol. The molecule has 0 bridgehead atoms. The van der Waals surface area contributed by atoms with Gasteiger partial charge in [0.05, 0.1) is 6.04 Å². The summed E-state index contributed by atoms with van der Waals surface area (Å²) >= 11 is 0. The molecule has 142 valence electrons. The predicted octanol–water partition coefficient (Wildman–Crippen LogP) is 3.19. The number of ether oxygens (including phenoxy) is 2. The molecule has 0 aromatic heterocycles. The van der Waals surface area contributed by atoms with Crippen LogP contribution in [-0.2, 0) is 9.53 Å². The molecule has 2 aliphatic heterocycles. The third-order valence-electron chi connectivity index (χ3n) is 5.20. The number of fused-ring (bicyclic) bond motifs is 1. The molecule has 2 atom stereocenters. The number of para-hydroxylation sites is 1. The van der Waals surface area contributed by atoms with Gasteiger partial charge in [-0.05, 0) is 38.1 Å². The molecule has 1 amide bonds. The van der Waals surface area contributed by atoms with Gasteiger partial charge in [0.2, 0.25) is 0 Å². The van der Waals surface area contributed by atoms with E-state index in [9.17, 15) is 9.18 Å². The number of nitrogens with zero attached hydrogens (tertiary/aromatic N) is 1. The van der Waals surface area contributed by atoms with Gasteiger partial charge in [0.1, 0.15) is 11.6 Å². The second-order valence-electron chi connectivity index (χ2n) is 6.87. The number of carbonyl (C=O) groups is 1. The van der Waals surface area contributed by atoms with Crippen LogP contribution in [0.25, 0.3) is 0 Å². The maximum Gasteiger partial charge on any atom is 0.254 e. The van der Waals surface area contributed by atoms with Crippen LogP contribution in [0.5, 0.6) is 5.75 Å². The van der Waals surface area contributed by atoms with Crippen molar-refractivity contribution in [2.45, 2.75) is 25.0 Å². The maximum absolute atomic E-state index is 14.4. The van der Waals surface area contributed by atoms with Gasteiger partial charge in [-0.1, -0.05) is 36.4 Å². The Bertz CT molecular complexity index is 808. The highest BCUT2D eigenvalue weighted by molar-refractivity contribution is 5.83. The molecular weight excluding hydrogens is 347 g/mol. The molecule has 2 heterocycles. The molecule has 27 heavy (non-hydrogen) atoms. The molecule has 4 rings (SSSR count). The van der Waals surface area contributed by atoms with E-state index in [1.165, 1.54) is 6.07 Å². The van der Waals surface area contributed by atoms with E-state index in [4.69, 9.17) is 9.47 Å². The zero-order chi connectivity index (χ0) is 18.6. The number of hydrogen-bond acceptors (Lipinski definition) is 4. The summed E-state index contributed by atoms with van der Waals surface area (Å²) in [5, 5.41) is 2.97. The lowest BCUT2D eigenvalue weighted by atomic mass is 10.0. The predicted molar refractivity (Wildman–Crippen MR) is 98.7 cm³/mol. The summed E-state index contributed by atoms with van der Waals surface area (Å²) in [6.45, 7) is 2.19. The lowest BCUT2D eigenvalue weighted by Gasteiger charge is -2.30. The summed E-state index contributed by atoms with van der Waals surface area (Å²) in [4.78, 5) is 15.0. The van der Waals surface area contributed by atoms with E-state index in [-0.39, 0.29) is 24.6 Å². The standard InChI is InChI=1S/C21H23FN2O3/c22-17-9-3-1-7-15(17)18(24-11-5-6-12-24)13-23-21(25)20-16-8-2-4-10-19(16)26-14-27-20/h1-4,7-10,18,20H,5-6,11-14H2,(H,23,25). The zero-order valence-electron chi connectivity index (χ0n) is 15.1. The molecule has 2 aromatic rings. The number of halogens is 1. The summed E-state index contributed by atoms with van der Waals surface area (Å²) in [5.74, 6) is 0.191. The molecule has 0 radical (unpaired) electrons. The van der Waals surface area contributed by atoms with Crippen LogP contribution in [0.3, 0.4) is 0 Å². The third-order valence-corrected chi connectivity index (χ3v) is 5.20. The van der Waals surface area contributed by atoms with Gasteiger partial charge in [0.25, 0.3) is 5.91 Å². The first-order valence-electron chi connectivity index (χ1n) is 9.33. The molecule has 0 spiro atoms. The normalized spacial score (nSPS) is 20.6. The second kappa shape index (κ2) is 8.06. The van der Waals surface area contributed by atoms with Gasteiger partial charge in [0, 0.05) is 17.7 Å². The second-order valence-corrected chi connectivity index (χ2v) is 6.87. The van der Waals surface area contributed by atoms with Crippen molar-refractivity contribution in [3.8, 4) is 5.75 Å². The number of nitrogens with one attached hydrogen (secondary N) is 1. The molecule has 5 nitrogen and oxygen atoms in total. The summed E-state index contributed by atoms with van der Waals surface area (Å²) < 4.78 is 25.4. The first-order chi connectivity index (χ1) is 13.2. The number of benzene rings is 2. The minimum absolute atomic E-state index is 0.0396. The van der Waals surface area contributed by atoms with Crippen molar-refractivity contribution in [1.29, 1.82) is 0 Å². The lowest BCUT2D eigenvalue weighted by Crippen LogP contribution is -2.40. The van der Waals surface area contributed by atoms with Crippen molar-refractivity contribution >= 4 is 5.91 Å². The van der Waals surface area contributed by atoms with Crippen LogP contribution in [0, 0.1) is 5.82 Å². The number of carbonyl (C=O) groups excluding carboxylic acids is 1. The highest BCUT2D eigenvalue weighted by Crippen LogP contribution is 2.32. The van der Waals surface area contributed by atoms with E-state index in [0.717, 1.165) is 25.9 Å². The summed E-state index contributed by atoms with van der Waals surface area (Å²) in [5.41, 5.74) is 1.33. The van der Waals surface area contributed by atoms with Gasteiger partial charge in [-0.25, -0.2) is 4.39 Å². The molecule has 0 aliphatic carbocycles. The van der Waals surface area contributed by atoms with E-state index in [1.54, 1.807) is 12.1 Å². The number of rotatable bonds is 5. The first kappa shape index (κ1) is 17.9. The van der Waals surface area contributed by atoms with E-state index in [0.29, 0.717) is 23.4 Å². The highest BCUT2D eigenvalue weighted by Gasteiger charge is 2.31. The van der Waals surface area contributed by atoms with Crippen LogP contribution in [0.4, 0.5) is 4.39 Å². The summed E-state index contributed by atoms with van der Waals surface area (Å²) in [6.07, 6.45) is 1.47. The zero-order valence-corrected chi connectivity index (χ0v) is 15.1. The van der Waals surface area contributed by atoms with E-state index in [2.05, 4.69) is 10.2 Å². The summed E-state index contributed by atoms with van der Waals surface area (Å²) in [7, 11) is 0. The number of hydrogen-bond donors (Lipinski definition) is 1. The van der Waals surface area contributed by atoms with Gasteiger partial charge in [0.15, 0.2) is 12.9 Å². The number of amides is 1. The topological polar surface area (TPSA) is 50.8 Å². The van der Waals surface area contributed by atoms with Crippen LogP contribution in [-0.4, -0.2) is 37.2 Å². The van der Waals surface area contributed by atoms with Crippen molar-refractivity contribution < 1.29 is 18.7 Å². The summed E-state index contributed by atoms with van der Waals surface area (Å²) in [6, 6.07) is 14.0. The fourth-order valence-electron chi connectivity index (χ4n) is 3.83. The van der Waals surface area contributed by atoms with Crippen molar-refractivity contribution in [2.24, 2.45) is 0 Å². The fourth-order valence-corrected chi connectivity index (χ4v) is 3.83. The smallest absolute Gasteiger partial charge is 0.254 e. The molecule has 2 aromatic carbocycles. The van der Waals surface area contributed by atoms with Crippen LogP contribution in [0.2, 0.25) is 0 Å². The van der Waals surface area contributed by atoms with Gasteiger partial charge >= 0.3 is 0 Å². The average molecular weight is 370 g/mol. The van der Waals surface area contributed by atoms with Crippen LogP contribution in [0.1, 0.15) is 36.1 Å². The minimum atomic E-state index is -0.713. The van der Waals surface area contributed by atoms with Crippen molar-refractivity contribution in [3.63, 3.8) is 0 Å². The first-order valence-corrected chi connectivity index (χ1v) is 9.33. The molecule has 2 aliphatic rings. The average Bonchev–Trinajstić information content (AvgIpc) is 3.23. The van der Waals surface area contributed by atoms with Crippen molar-refractivity contribution in [3.05, 3.63) is 65.5 Å². The van der Waals surface area contributed by atoms with Crippen LogP contribution in [0.15, 0.2) is 48.5 Å². The molecular formula is C21H23FN2O3. The highest BCUT2D eigenvalue weighted by atomic mass is 19.1. The van der Waals surface area contributed by atoms with E-state index >= 15 is 0 Å². The Hall–Kier alpha value is -2.44. The third kappa shape index (κ3) is 3.82. The van der Waals surface area contributed by atoms with Crippen molar-refractivity contribution in [1.82, 2.24) is 10.2 Å². The molecule has 2 unspecified atom stereocenters. The molecule has 1 saturated heterocycles. The van der Waals surface area contributed by atoms with E-state index in [1.807, 2.05) is 30.3 Å². The Morgan fingerprint density at radius 1 is 1.15 bits per heavy atom. The van der Waals surface area contributed by atoms with Crippen LogP contribution < -0.4 is 10.1 Å². The SMILES string of the molecule is O=C(NCC(c1ccccc1F)N1CCCC1)C1OCOc2ccccc21. The molecule has 1 fully saturated rings. The van der Waals surface area contributed by atoms with Gasteiger partial charge in [-0.2, -0.15) is 0 Å². The molecule has 1 N–H and O–H groups in total. The molecule has 0 saturated carbocycles. The van der Waals surface area contributed by atoms with Gasteiger partial charge < -0.3 is 14.8 Å². The Morgan fingerprint density at radius 2 is 1.89 bits per heavy atom. The molecule has 6 heteroatoms. The van der Waals surface area contributed by atoms with Gasteiger partial charge in [-0.3, -0.25) is 9.69 Å². The Morgan fingerprint density at radius 3 is 2.70 bits per heavy atom. The minimum Gasteiger partial charge on any atom is -0.467 e. The van der Waals surface area contributed by atoms with Crippen molar-refractivity contribution in [2.75, 3.05) is 26.4 Å². The van der Waals surface area contributed by atoms with Crippen LogP contribution >= 0.6 is 0 Å². The maximum atomic E-state index is 14.4. The Kier molecular flexibility index (Phi) is 5.36. The fraction of sp³-hybridized carbons (Fsp3) is 0.381. The lowest BCUT2D eigenvalue weighted by molar-refractivity contribution is -0.142. The number of likely N-dealkylation sites (tertiary alicyclic amines) is 1. The van der Waals surface area contributed by atoms with E-state index < -0.39 is 6.10 Å². The quantitative estimate of drug-likeness (QED) is 0.878. The van der Waals surface area contributed by atoms with Gasteiger partial charge in [-0.15, -0.1) is 0 Å². The Balaban J connectivity index is 1.50. The Labute approximate surface area is 158 Å².